The Labute approximate surface area is 139 Å². The lowest BCUT2D eigenvalue weighted by molar-refractivity contribution is 1.11. The average Bonchev–Trinajstić information content (AvgIpc) is 2.92. The van der Waals surface area contributed by atoms with Gasteiger partial charge in [0.2, 0.25) is 5.95 Å². The summed E-state index contributed by atoms with van der Waals surface area (Å²) in [6.45, 7) is 2.80. The highest BCUT2D eigenvalue weighted by Gasteiger charge is 2.09. The fraction of sp³-hybridized carbons (Fsp3) is 0.143. The summed E-state index contributed by atoms with van der Waals surface area (Å²) in [5.41, 5.74) is 0.886. The first kappa shape index (κ1) is 14.6. The molecule has 0 amide bonds. The largest absolute Gasteiger partial charge is 0.354 e. The van der Waals surface area contributed by atoms with Gasteiger partial charge in [-0.25, -0.2) is 4.98 Å². The highest BCUT2D eigenvalue weighted by Crippen LogP contribution is 2.31. The molecule has 3 rings (SSSR count). The molecule has 108 valence electrons. The molecule has 4 nitrogen and oxygen atoms in total. The van der Waals surface area contributed by atoms with E-state index in [1.54, 1.807) is 11.3 Å². The Morgan fingerprint density at radius 1 is 1.29 bits per heavy atom. The number of hydrogen-bond acceptors (Lipinski definition) is 5. The predicted molar refractivity (Wildman–Crippen MR) is 94.0 cm³/mol. The minimum atomic E-state index is 0.623. The van der Waals surface area contributed by atoms with E-state index in [1.807, 2.05) is 36.6 Å². The van der Waals surface area contributed by atoms with E-state index in [0.29, 0.717) is 11.0 Å². The first-order valence-corrected chi connectivity index (χ1v) is 8.43. The third-order valence-electron chi connectivity index (χ3n) is 2.84. The Bertz CT molecular complexity index is 790. The minimum Gasteiger partial charge on any atom is -0.354 e. The van der Waals surface area contributed by atoms with Crippen LogP contribution in [0.2, 0.25) is 5.02 Å². The fourth-order valence-corrected chi connectivity index (χ4v) is 3.09. The van der Waals surface area contributed by atoms with Crippen LogP contribution in [0.5, 0.6) is 0 Å². The van der Waals surface area contributed by atoms with Crippen LogP contribution in [0.4, 0.5) is 17.5 Å². The number of anilines is 3. The lowest BCUT2D eigenvalue weighted by Crippen LogP contribution is -2.04. The summed E-state index contributed by atoms with van der Waals surface area (Å²) in [5, 5.41) is 10.1. The van der Waals surface area contributed by atoms with Gasteiger partial charge in [0.05, 0.1) is 10.4 Å². The second-order valence-corrected chi connectivity index (χ2v) is 6.48. The van der Waals surface area contributed by atoms with Crippen LogP contribution in [0.1, 0.15) is 6.92 Å². The number of aromatic nitrogens is 2. The molecule has 0 aliphatic heterocycles. The van der Waals surface area contributed by atoms with Crippen LogP contribution in [-0.4, -0.2) is 16.5 Å². The number of nitrogens with one attached hydrogen (secondary N) is 2. The number of halogens is 2. The van der Waals surface area contributed by atoms with Crippen molar-refractivity contribution in [2.75, 3.05) is 17.2 Å². The second kappa shape index (κ2) is 6.17. The molecule has 2 aromatic heterocycles. The maximum atomic E-state index is 6.13. The van der Waals surface area contributed by atoms with E-state index in [9.17, 15) is 0 Å². The Morgan fingerprint density at radius 3 is 2.90 bits per heavy atom. The SMILES string of the molecule is CCNc1nc(Nc2ccc(Br)c(Cl)c2)c2ccsc2n1. The maximum absolute atomic E-state index is 6.13. The van der Waals surface area contributed by atoms with Gasteiger partial charge in [0.25, 0.3) is 0 Å². The predicted octanol–water partition coefficient (Wildman–Crippen LogP) is 5.28. The zero-order valence-corrected chi connectivity index (χ0v) is 14.3. The summed E-state index contributed by atoms with van der Waals surface area (Å²) in [4.78, 5) is 9.96. The molecule has 1 aromatic carbocycles. The van der Waals surface area contributed by atoms with E-state index in [-0.39, 0.29) is 0 Å². The van der Waals surface area contributed by atoms with Gasteiger partial charge in [-0.1, -0.05) is 11.6 Å². The molecule has 0 bridgehead atoms. The van der Waals surface area contributed by atoms with Gasteiger partial charge >= 0.3 is 0 Å². The quantitative estimate of drug-likeness (QED) is 0.643. The first-order valence-electron chi connectivity index (χ1n) is 6.38. The molecule has 21 heavy (non-hydrogen) atoms. The topological polar surface area (TPSA) is 49.8 Å². The fourth-order valence-electron chi connectivity index (χ4n) is 1.90. The van der Waals surface area contributed by atoms with E-state index in [2.05, 4.69) is 36.5 Å². The van der Waals surface area contributed by atoms with Crippen LogP contribution in [0.3, 0.4) is 0 Å². The molecule has 2 heterocycles. The van der Waals surface area contributed by atoms with Gasteiger partial charge in [0.1, 0.15) is 10.6 Å². The maximum Gasteiger partial charge on any atom is 0.226 e. The van der Waals surface area contributed by atoms with E-state index in [0.717, 1.165) is 32.7 Å². The summed E-state index contributed by atoms with van der Waals surface area (Å²) < 4.78 is 0.867. The number of benzene rings is 1. The number of fused-ring (bicyclic) bond motifs is 1. The monoisotopic (exact) mass is 382 g/mol. The highest BCUT2D eigenvalue weighted by molar-refractivity contribution is 9.10. The van der Waals surface area contributed by atoms with Crippen LogP contribution in [0.15, 0.2) is 34.1 Å². The number of nitrogens with zero attached hydrogens (tertiary/aromatic N) is 2. The number of hydrogen-bond donors (Lipinski definition) is 2. The molecule has 0 spiro atoms. The van der Waals surface area contributed by atoms with Crippen molar-refractivity contribution in [1.29, 1.82) is 0 Å². The van der Waals surface area contributed by atoms with Crippen LogP contribution in [0.25, 0.3) is 10.2 Å². The summed E-state index contributed by atoms with van der Waals surface area (Å²) in [5.74, 6) is 1.40. The lowest BCUT2D eigenvalue weighted by atomic mass is 10.3. The van der Waals surface area contributed by atoms with Gasteiger partial charge in [0.15, 0.2) is 0 Å². The van der Waals surface area contributed by atoms with Crippen molar-refractivity contribution in [2.24, 2.45) is 0 Å². The molecule has 3 aromatic rings. The van der Waals surface area contributed by atoms with Gasteiger partial charge < -0.3 is 10.6 Å². The van der Waals surface area contributed by atoms with Gasteiger partial charge in [-0.05, 0) is 52.5 Å². The van der Waals surface area contributed by atoms with Gasteiger partial charge in [-0.2, -0.15) is 4.98 Å². The van der Waals surface area contributed by atoms with Gasteiger partial charge in [-0.15, -0.1) is 11.3 Å². The van der Waals surface area contributed by atoms with E-state index >= 15 is 0 Å². The normalized spacial score (nSPS) is 10.8. The smallest absolute Gasteiger partial charge is 0.226 e. The summed E-state index contributed by atoms with van der Waals surface area (Å²) >= 11 is 11.1. The van der Waals surface area contributed by atoms with Gasteiger partial charge in [0, 0.05) is 16.7 Å². The molecule has 0 saturated heterocycles. The zero-order valence-electron chi connectivity index (χ0n) is 11.2. The Morgan fingerprint density at radius 2 is 2.14 bits per heavy atom. The van der Waals surface area contributed by atoms with Crippen molar-refractivity contribution in [3.05, 3.63) is 39.1 Å². The van der Waals surface area contributed by atoms with Crippen molar-refractivity contribution in [3.63, 3.8) is 0 Å². The highest BCUT2D eigenvalue weighted by atomic mass is 79.9. The average molecular weight is 384 g/mol. The van der Waals surface area contributed by atoms with Crippen molar-refractivity contribution >= 4 is 66.5 Å². The van der Waals surface area contributed by atoms with Gasteiger partial charge in [-0.3, -0.25) is 0 Å². The lowest BCUT2D eigenvalue weighted by Gasteiger charge is -2.10. The Kier molecular flexibility index (Phi) is 4.28. The van der Waals surface area contributed by atoms with Crippen molar-refractivity contribution in [3.8, 4) is 0 Å². The van der Waals surface area contributed by atoms with Crippen LogP contribution in [-0.2, 0) is 0 Å². The summed E-state index contributed by atoms with van der Waals surface area (Å²) in [7, 11) is 0. The molecule has 0 radical (unpaired) electrons. The van der Waals surface area contributed by atoms with E-state index in [4.69, 9.17) is 11.6 Å². The van der Waals surface area contributed by atoms with E-state index < -0.39 is 0 Å². The first-order chi connectivity index (χ1) is 10.2. The Hall–Kier alpha value is -1.37. The molecule has 0 aliphatic rings. The standard InChI is InChI=1S/C14H12BrClN4S/c1-2-17-14-19-12(9-5-6-21-13(9)20-14)18-8-3-4-10(15)11(16)7-8/h3-7H,2H2,1H3,(H2,17,18,19,20). The van der Waals surface area contributed by atoms with Crippen molar-refractivity contribution < 1.29 is 0 Å². The molecule has 0 saturated carbocycles. The zero-order chi connectivity index (χ0) is 14.8. The van der Waals surface area contributed by atoms with Crippen molar-refractivity contribution in [1.82, 2.24) is 9.97 Å². The second-order valence-electron chi connectivity index (χ2n) is 4.32. The molecule has 0 fully saturated rings. The van der Waals surface area contributed by atoms with E-state index in [1.165, 1.54) is 0 Å². The molecule has 2 N–H and O–H groups in total. The van der Waals surface area contributed by atoms with Crippen LogP contribution >= 0.6 is 38.9 Å². The van der Waals surface area contributed by atoms with Crippen LogP contribution in [0, 0.1) is 0 Å². The molecule has 0 aliphatic carbocycles. The molecular weight excluding hydrogens is 372 g/mol. The number of thiophene rings is 1. The van der Waals surface area contributed by atoms with Crippen molar-refractivity contribution in [2.45, 2.75) is 6.92 Å². The third kappa shape index (κ3) is 3.12. The number of rotatable bonds is 4. The molecule has 0 atom stereocenters. The van der Waals surface area contributed by atoms with Crippen LogP contribution < -0.4 is 10.6 Å². The summed E-state index contributed by atoms with van der Waals surface area (Å²) in [6, 6.07) is 7.72. The molecule has 7 heteroatoms. The molecular formula is C14H12BrClN4S. The summed E-state index contributed by atoms with van der Waals surface area (Å²) in [6.07, 6.45) is 0. The third-order valence-corrected chi connectivity index (χ3v) is 4.88. The minimum absolute atomic E-state index is 0.623. The Balaban J connectivity index is 2.01. The molecule has 0 unspecified atom stereocenters.